The Kier molecular flexibility index (Phi) is 5.57. The minimum absolute atomic E-state index is 0.503. The van der Waals surface area contributed by atoms with E-state index in [1.165, 1.54) is 5.56 Å². The molecule has 0 unspecified atom stereocenters. The van der Waals surface area contributed by atoms with Gasteiger partial charge in [0.25, 0.3) is 0 Å². The minimum Gasteiger partial charge on any atom is -0.370 e. The number of rotatable bonds is 7. The zero-order valence-electron chi connectivity index (χ0n) is 13.8. The SMILES string of the molecule is N#Cc1cccc(Nc2nccc(NCCCc3ccccc3)n2)c1. The Balaban J connectivity index is 1.53. The largest absolute Gasteiger partial charge is 0.370 e. The average Bonchev–Trinajstić information content (AvgIpc) is 2.67. The standard InChI is InChI=1S/C20H19N5/c21-15-17-8-4-10-18(14-17)24-20-23-13-11-19(25-20)22-12-5-9-16-6-2-1-3-7-16/h1-4,6-8,10-11,13-14H,5,9,12H2,(H2,22,23,24,25). The summed E-state index contributed by atoms with van der Waals surface area (Å²) in [6, 6.07) is 21.6. The molecule has 0 aliphatic carbocycles. The van der Waals surface area contributed by atoms with E-state index in [0.717, 1.165) is 30.9 Å². The van der Waals surface area contributed by atoms with Crippen molar-refractivity contribution in [3.63, 3.8) is 0 Å². The molecule has 0 atom stereocenters. The van der Waals surface area contributed by atoms with E-state index in [4.69, 9.17) is 5.26 Å². The smallest absolute Gasteiger partial charge is 0.229 e. The van der Waals surface area contributed by atoms with Gasteiger partial charge in [0.15, 0.2) is 0 Å². The van der Waals surface area contributed by atoms with Crippen LogP contribution in [0, 0.1) is 11.3 Å². The normalized spacial score (nSPS) is 10.0. The summed E-state index contributed by atoms with van der Waals surface area (Å²) in [5, 5.41) is 15.4. The molecule has 1 aromatic heterocycles. The van der Waals surface area contributed by atoms with E-state index in [-0.39, 0.29) is 0 Å². The molecule has 0 bridgehead atoms. The maximum absolute atomic E-state index is 8.96. The van der Waals surface area contributed by atoms with Crippen LogP contribution in [-0.4, -0.2) is 16.5 Å². The van der Waals surface area contributed by atoms with Crippen LogP contribution in [0.4, 0.5) is 17.5 Å². The van der Waals surface area contributed by atoms with Crippen molar-refractivity contribution in [3.8, 4) is 6.07 Å². The molecule has 25 heavy (non-hydrogen) atoms. The highest BCUT2D eigenvalue weighted by atomic mass is 15.1. The fourth-order valence-corrected chi connectivity index (χ4v) is 2.47. The van der Waals surface area contributed by atoms with Gasteiger partial charge in [-0.25, -0.2) is 4.98 Å². The third-order valence-electron chi connectivity index (χ3n) is 3.69. The van der Waals surface area contributed by atoms with E-state index in [2.05, 4.69) is 50.9 Å². The lowest BCUT2D eigenvalue weighted by Crippen LogP contribution is -2.06. The molecule has 0 amide bonds. The van der Waals surface area contributed by atoms with Crippen LogP contribution in [0.1, 0.15) is 17.5 Å². The quantitative estimate of drug-likeness (QED) is 0.637. The molecule has 0 fully saturated rings. The van der Waals surface area contributed by atoms with E-state index in [9.17, 15) is 0 Å². The van der Waals surface area contributed by atoms with Gasteiger partial charge in [-0.15, -0.1) is 0 Å². The third-order valence-corrected chi connectivity index (χ3v) is 3.69. The summed E-state index contributed by atoms with van der Waals surface area (Å²) in [4.78, 5) is 8.67. The van der Waals surface area contributed by atoms with E-state index >= 15 is 0 Å². The molecule has 1 heterocycles. The van der Waals surface area contributed by atoms with Crippen LogP contribution < -0.4 is 10.6 Å². The molecule has 0 saturated heterocycles. The highest BCUT2D eigenvalue weighted by Gasteiger charge is 2.01. The van der Waals surface area contributed by atoms with Crippen LogP contribution in [0.2, 0.25) is 0 Å². The summed E-state index contributed by atoms with van der Waals surface area (Å²) in [7, 11) is 0. The van der Waals surface area contributed by atoms with Gasteiger partial charge >= 0.3 is 0 Å². The molecule has 0 aliphatic heterocycles. The lowest BCUT2D eigenvalue weighted by molar-refractivity contribution is 0.858. The summed E-state index contributed by atoms with van der Waals surface area (Å²) < 4.78 is 0. The zero-order valence-corrected chi connectivity index (χ0v) is 13.8. The predicted molar refractivity (Wildman–Crippen MR) is 99.7 cm³/mol. The van der Waals surface area contributed by atoms with Crippen molar-refractivity contribution in [1.29, 1.82) is 5.26 Å². The second-order valence-corrected chi connectivity index (χ2v) is 5.60. The summed E-state index contributed by atoms with van der Waals surface area (Å²) in [5.41, 5.74) is 2.73. The topological polar surface area (TPSA) is 73.6 Å². The van der Waals surface area contributed by atoms with E-state index in [1.807, 2.05) is 24.3 Å². The van der Waals surface area contributed by atoms with E-state index in [0.29, 0.717) is 11.5 Å². The Labute approximate surface area is 147 Å². The van der Waals surface area contributed by atoms with Gasteiger partial charge in [-0.1, -0.05) is 36.4 Å². The number of nitriles is 1. The average molecular weight is 329 g/mol. The van der Waals surface area contributed by atoms with Crippen molar-refractivity contribution in [2.75, 3.05) is 17.2 Å². The van der Waals surface area contributed by atoms with Crippen LogP contribution in [0.15, 0.2) is 66.9 Å². The lowest BCUT2D eigenvalue weighted by atomic mass is 10.1. The number of aryl methyl sites for hydroxylation is 1. The van der Waals surface area contributed by atoms with Crippen molar-refractivity contribution in [3.05, 3.63) is 78.0 Å². The molecule has 0 spiro atoms. The lowest BCUT2D eigenvalue weighted by Gasteiger charge is -2.08. The minimum atomic E-state index is 0.503. The number of benzene rings is 2. The highest BCUT2D eigenvalue weighted by Crippen LogP contribution is 2.15. The monoisotopic (exact) mass is 329 g/mol. The van der Waals surface area contributed by atoms with E-state index < -0.39 is 0 Å². The Bertz CT molecular complexity index is 855. The molecular weight excluding hydrogens is 310 g/mol. The van der Waals surface area contributed by atoms with Gasteiger partial charge in [0, 0.05) is 18.4 Å². The van der Waals surface area contributed by atoms with Crippen LogP contribution in [-0.2, 0) is 6.42 Å². The van der Waals surface area contributed by atoms with Crippen molar-refractivity contribution >= 4 is 17.5 Å². The fourth-order valence-electron chi connectivity index (χ4n) is 2.47. The maximum Gasteiger partial charge on any atom is 0.229 e. The molecule has 3 aromatic rings. The molecule has 5 heteroatoms. The summed E-state index contributed by atoms with van der Waals surface area (Å²) >= 11 is 0. The van der Waals surface area contributed by atoms with Crippen LogP contribution in [0.25, 0.3) is 0 Å². The molecule has 0 radical (unpaired) electrons. The first-order valence-corrected chi connectivity index (χ1v) is 8.21. The first-order chi connectivity index (χ1) is 12.3. The van der Waals surface area contributed by atoms with Gasteiger partial charge in [-0.05, 0) is 42.7 Å². The van der Waals surface area contributed by atoms with Crippen molar-refractivity contribution < 1.29 is 0 Å². The van der Waals surface area contributed by atoms with Gasteiger partial charge in [-0.3, -0.25) is 0 Å². The number of nitrogens with zero attached hydrogens (tertiary/aromatic N) is 3. The van der Waals surface area contributed by atoms with Gasteiger partial charge in [0.1, 0.15) is 5.82 Å². The Morgan fingerprint density at radius 2 is 1.88 bits per heavy atom. The maximum atomic E-state index is 8.96. The van der Waals surface area contributed by atoms with Crippen molar-refractivity contribution in [1.82, 2.24) is 9.97 Å². The predicted octanol–water partition coefficient (Wildman–Crippen LogP) is 4.14. The highest BCUT2D eigenvalue weighted by molar-refractivity contribution is 5.57. The molecule has 0 saturated carbocycles. The molecule has 3 rings (SSSR count). The van der Waals surface area contributed by atoms with Crippen molar-refractivity contribution in [2.24, 2.45) is 0 Å². The van der Waals surface area contributed by atoms with Gasteiger partial charge < -0.3 is 10.6 Å². The Hall–Kier alpha value is -3.39. The van der Waals surface area contributed by atoms with Crippen LogP contribution in [0.3, 0.4) is 0 Å². The van der Waals surface area contributed by atoms with Gasteiger partial charge in [0.05, 0.1) is 11.6 Å². The number of nitrogens with one attached hydrogen (secondary N) is 2. The fraction of sp³-hybridized carbons (Fsp3) is 0.150. The number of hydrogen-bond acceptors (Lipinski definition) is 5. The first kappa shape index (κ1) is 16.5. The van der Waals surface area contributed by atoms with Gasteiger partial charge in [-0.2, -0.15) is 10.2 Å². The number of hydrogen-bond donors (Lipinski definition) is 2. The van der Waals surface area contributed by atoms with Gasteiger partial charge in [0.2, 0.25) is 5.95 Å². The van der Waals surface area contributed by atoms with E-state index in [1.54, 1.807) is 18.3 Å². The second kappa shape index (κ2) is 8.46. The third kappa shape index (κ3) is 5.05. The van der Waals surface area contributed by atoms with Crippen LogP contribution in [0.5, 0.6) is 0 Å². The summed E-state index contributed by atoms with van der Waals surface area (Å²) in [6.07, 6.45) is 3.77. The molecule has 2 N–H and O–H groups in total. The van der Waals surface area contributed by atoms with Crippen LogP contribution >= 0.6 is 0 Å². The molecule has 5 nitrogen and oxygen atoms in total. The Morgan fingerprint density at radius 3 is 2.72 bits per heavy atom. The summed E-state index contributed by atoms with van der Waals surface area (Å²) in [5.74, 6) is 1.28. The summed E-state index contributed by atoms with van der Waals surface area (Å²) in [6.45, 7) is 0.843. The second-order valence-electron chi connectivity index (χ2n) is 5.60. The molecule has 0 aliphatic rings. The molecule has 124 valence electrons. The molecule has 2 aromatic carbocycles. The zero-order chi connectivity index (χ0) is 17.3. The Morgan fingerprint density at radius 1 is 1.00 bits per heavy atom. The number of aromatic nitrogens is 2. The number of anilines is 3. The van der Waals surface area contributed by atoms with Crippen molar-refractivity contribution in [2.45, 2.75) is 12.8 Å². The molecular formula is C20H19N5. The first-order valence-electron chi connectivity index (χ1n) is 8.21.